The van der Waals surface area contributed by atoms with Gasteiger partial charge in [0.25, 0.3) is 0 Å². The number of carbonyl (C=O) groups is 3. The highest BCUT2D eigenvalue weighted by Crippen LogP contribution is 2.18. The van der Waals surface area contributed by atoms with E-state index >= 15 is 0 Å². The van der Waals surface area contributed by atoms with E-state index in [1.165, 1.54) is 199 Å². The molecule has 0 rings (SSSR count). The predicted octanol–water partition coefficient (Wildman–Crippen LogP) is 20.8. The molecule has 1 unspecified atom stereocenters. The second-order valence-electron chi connectivity index (χ2n) is 21.0. The third-order valence-electron chi connectivity index (χ3n) is 13.8. The zero-order chi connectivity index (χ0) is 50.7. The lowest BCUT2D eigenvalue weighted by Gasteiger charge is -2.18. The summed E-state index contributed by atoms with van der Waals surface area (Å²) in [5, 5.41) is 0. The summed E-state index contributed by atoms with van der Waals surface area (Å²) in [6, 6.07) is 0. The van der Waals surface area contributed by atoms with Crippen LogP contribution < -0.4 is 0 Å². The summed E-state index contributed by atoms with van der Waals surface area (Å²) in [6.45, 7) is 6.58. The molecule has 410 valence electrons. The van der Waals surface area contributed by atoms with Gasteiger partial charge >= 0.3 is 17.9 Å². The lowest BCUT2D eigenvalue weighted by atomic mass is 10.0. The predicted molar refractivity (Wildman–Crippen MR) is 302 cm³/mol. The molecule has 0 N–H and O–H groups in total. The van der Waals surface area contributed by atoms with Crippen LogP contribution in [0.2, 0.25) is 0 Å². The van der Waals surface area contributed by atoms with E-state index in [-0.39, 0.29) is 31.1 Å². The maximum Gasteiger partial charge on any atom is 0.306 e. The Morgan fingerprint density at radius 1 is 0.286 bits per heavy atom. The van der Waals surface area contributed by atoms with Crippen LogP contribution in [0.4, 0.5) is 0 Å². The topological polar surface area (TPSA) is 78.9 Å². The van der Waals surface area contributed by atoms with Crippen molar-refractivity contribution < 1.29 is 28.6 Å². The summed E-state index contributed by atoms with van der Waals surface area (Å²) in [5.74, 6) is -0.884. The first-order valence-electron chi connectivity index (χ1n) is 31.0. The van der Waals surface area contributed by atoms with E-state index in [0.29, 0.717) is 19.3 Å². The van der Waals surface area contributed by atoms with E-state index in [1.54, 1.807) is 0 Å². The van der Waals surface area contributed by atoms with Gasteiger partial charge in [-0.1, -0.05) is 282 Å². The molecule has 0 aliphatic heterocycles. The Morgan fingerprint density at radius 3 is 0.886 bits per heavy atom. The summed E-state index contributed by atoms with van der Waals surface area (Å²) >= 11 is 0. The summed E-state index contributed by atoms with van der Waals surface area (Å²) < 4.78 is 16.9. The largest absolute Gasteiger partial charge is 0.462 e. The maximum absolute atomic E-state index is 12.8. The molecule has 70 heavy (non-hydrogen) atoms. The van der Waals surface area contributed by atoms with Gasteiger partial charge in [-0.3, -0.25) is 14.4 Å². The van der Waals surface area contributed by atoms with Crippen LogP contribution in [-0.4, -0.2) is 37.2 Å². The van der Waals surface area contributed by atoms with Crippen LogP contribution in [0.3, 0.4) is 0 Å². The second-order valence-corrected chi connectivity index (χ2v) is 21.0. The highest BCUT2D eigenvalue weighted by Gasteiger charge is 2.19. The standard InChI is InChI=1S/C64H118O6/c1-4-7-10-13-16-19-22-25-26-27-28-29-30-31-32-33-34-35-36-37-38-40-42-45-48-51-54-57-63(66)69-60-61(59-68-62(65)56-53-50-47-44-41-24-21-18-15-12-9-6-3)70-64(67)58-55-52-49-46-43-39-23-20-17-14-11-8-5-2/h11,14,18,20-21,23,61H,4-10,12-13,15-17,19,22,24-60H2,1-3H3/b14-11-,21-18-,23-20-. The molecule has 0 saturated heterocycles. The zero-order valence-electron chi connectivity index (χ0n) is 47.1. The molecular weight excluding hydrogens is 865 g/mol. The van der Waals surface area contributed by atoms with Crippen molar-refractivity contribution in [1.29, 1.82) is 0 Å². The van der Waals surface area contributed by atoms with Crippen molar-refractivity contribution in [2.75, 3.05) is 13.2 Å². The summed E-state index contributed by atoms with van der Waals surface area (Å²) in [6.07, 6.45) is 71.7. The van der Waals surface area contributed by atoms with Crippen molar-refractivity contribution in [1.82, 2.24) is 0 Å². The van der Waals surface area contributed by atoms with E-state index < -0.39 is 6.10 Å². The van der Waals surface area contributed by atoms with Crippen LogP contribution in [-0.2, 0) is 28.6 Å². The third-order valence-corrected chi connectivity index (χ3v) is 13.8. The van der Waals surface area contributed by atoms with Gasteiger partial charge in [-0.05, 0) is 70.6 Å². The van der Waals surface area contributed by atoms with Crippen molar-refractivity contribution in [2.45, 2.75) is 341 Å². The van der Waals surface area contributed by atoms with Gasteiger partial charge in [-0.25, -0.2) is 0 Å². The number of carbonyl (C=O) groups excluding carboxylic acids is 3. The van der Waals surface area contributed by atoms with Crippen LogP contribution in [0.15, 0.2) is 36.5 Å². The average Bonchev–Trinajstić information content (AvgIpc) is 3.36. The zero-order valence-corrected chi connectivity index (χ0v) is 47.1. The number of unbranched alkanes of at least 4 members (excludes halogenated alkanes) is 40. The fourth-order valence-corrected chi connectivity index (χ4v) is 9.18. The van der Waals surface area contributed by atoms with Gasteiger partial charge in [0.15, 0.2) is 6.10 Å². The first-order valence-corrected chi connectivity index (χ1v) is 31.0. The van der Waals surface area contributed by atoms with E-state index in [9.17, 15) is 14.4 Å². The quantitative estimate of drug-likeness (QED) is 0.0261. The summed E-state index contributed by atoms with van der Waals surface area (Å²) in [7, 11) is 0. The van der Waals surface area contributed by atoms with Gasteiger partial charge in [0.05, 0.1) is 0 Å². The Morgan fingerprint density at radius 2 is 0.543 bits per heavy atom. The number of allylic oxidation sites excluding steroid dienone is 6. The molecule has 0 aliphatic rings. The van der Waals surface area contributed by atoms with Gasteiger partial charge in [-0.15, -0.1) is 0 Å². The van der Waals surface area contributed by atoms with E-state index in [2.05, 4.69) is 57.2 Å². The van der Waals surface area contributed by atoms with Crippen LogP contribution in [0.1, 0.15) is 335 Å². The minimum absolute atomic E-state index is 0.0771. The molecule has 0 aliphatic carbocycles. The molecule has 0 amide bonds. The summed E-state index contributed by atoms with van der Waals surface area (Å²) in [4.78, 5) is 38.1. The third kappa shape index (κ3) is 56.5. The fourth-order valence-electron chi connectivity index (χ4n) is 9.18. The summed E-state index contributed by atoms with van der Waals surface area (Å²) in [5.41, 5.74) is 0. The minimum Gasteiger partial charge on any atom is -0.462 e. The molecule has 0 aromatic rings. The van der Waals surface area contributed by atoms with Crippen molar-refractivity contribution in [3.63, 3.8) is 0 Å². The Hall–Kier alpha value is -2.37. The molecule has 0 bridgehead atoms. The number of ether oxygens (including phenoxy) is 3. The molecule has 0 spiro atoms. The molecule has 0 heterocycles. The Balaban J connectivity index is 4.14. The van der Waals surface area contributed by atoms with Crippen LogP contribution in [0.5, 0.6) is 0 Å². The molecule has 0 aromatic carbocycles. The Labute approximate surface area is 435 Å². The van der Waals surface area contributed by atoms with E-state index in [4.69, 9.17) is 14.2 Å². The molecule has 6 heteroatoms. The SMILES string of the molecule is CCC/C=C\C/C=C\CCCCCCCC(=O)OC(COC(=O)CCCCCCC/C=C\CCCCC)COC(=O)CCCCCCCCCCCCCCCCCCCCCCCCCCCCC. The average molecular weight is 984 g/mol. The van der Waals surface area contributed by atoms with Crippen molar-refractivity contribution in [2.24, 2.45) is 0 Å². The monoisotopic (exact) mass is 983 g/mol. The first kappa shape index (κ1) is 67.6. The lowest BCUT2D eigenvalue weighted by molar-refractivity contribution is -0.167. The fraction of sp³-hybridized carbons (Fsp3) is 0.859. The second kappa shape index (κ2) is 59.2. The van der Waals surface area contributed by atoms with Gasteiger partial charge in [0.2, 0.25) is 0 Å². The van der Waals surface area contributed by atoms with Gasteiger partial charge in [0, 0.05) is 19.3 Å². The van der Waals surface area contributed by atoms with Crippen LogP contribution in [0, 0.1) is 0 Å². The number of hydrogen-bond donors (Lipinski definition) is 0. The Bertz CT molecular complexity index is 1170. The smallest absolute Gasteiger partial charge is 0.306 e. The molecule has 0 aromatic heterocycles. The highest BCUT2D eigenvalue weighted by atomic mass is 16.6. The van der Waals surface area contributed by atoms with Gasteiger partial charge in [-0.2, -0.15) is 0 Å². The molecule has 0 saturated carbocycles. The minimum atomic E-state index is -0.780. The maximum atomic E-state index is 12.8. The van der Waals surface area contributed by atoms with Crippen molar-refractivity contribution >= 4 is 17.9 Å². The van der Waals surface area contributed by atoms with Crippen molar-refractivity contribution in [3.05, 3.63) is 36.5 Å². The van der Waals surface area contributed by atoms with E-state index in [0.717, 1.165) is 96.3 Å². The molecular formula is C64H118O6. The van der Waals surface area contributed by atoms with Gasteiger partial charge in [0.1, 0.15) is 13.2 Å². The number of rotatable bonds is 57. The molecule has 6 nitrogen and oxygen atoms in total. The molecule has 1 atom stereocenters. The molecule has 0 radical (unpaired) electrons. The first-order chi connectivity index (χ1) is 34.5. The highest BCUT2D eigenvalue weighted by molar-refractivity contribution is 5.71. The van der Waals surface area contributed by atoms with Gasteiger partial charge < -0.3 is 14.2 Å². The van der Waals surface area contributed by atoms with Crippen LogP contribution in [0.25, 0.3) is 0 Å². The normalized spacial score (nSPS) is 12.2. The van der Waals surface area contributed by atoms with Crippen LogP contribution >= 0.6 is 0 Å². The van der Waals surface area contributed by atoms with E-state index in [1.807, 2.05) is 0 Å². The number of hydrogen-bond acceptors (Lipinski definition) is 6. The molecule has 0 fully saturated rings. The number of esters is 3. The van der Waals surface area contributed by atoms with Crippen molar-refractivity contribution in [3.8, 4) is 0 Å². The Kier molecular flexibility index (Phi) is 57.2. The lowest BCUT2D eigenvalue weighted by Crippen LogP contribution is -2.30.